The summed E-state index contributed by atoms with van der Waals surface area (Å²) in [7, 11) is 0. The van der Waals surface area contributed by atoms with Gasteiger partial charge in [-0.3, -0.25) is 4.98 Å². The van der Waals surface area contributed by atoms with Crippen molar-refractivity contribution in [1.82, 2.24) is 4.98 Å². The van der Waals surface area contributed by atoms with E-state index in [9.17, 15) is 5.11 Å². The summed E-state index contributed by atoms with van der Waals surface area (Å²) in [5, 5.41) is 10.3. The van der Waals surface area contributed by atoms with E-state index in [1.54, 1.807) is 6.20 Å². The lowest BCUT2D eigenvalue weighted by molar-refractivity contribution is -0.0876. The van der Waals surface area contributed by atoms with Gasteiger partial charge in [-0.05, 0) is 24.5 Å². The highest BCUT2D eigenvalue weighted by Crippen LogP contribution is 2.26. The van der Waals surface area contributed by atoms with Crippen molar-refractivity contribution in [3.63, 3.8) is 0 Å². The second kappa shape index (κ2) is 6.12. The van der Waals surface area contributed by atoms with Gasteiger partial charge in [0, 0.05) is 24.9 Å². The fraction of sp³-hybridized carbons (Fsp3) is 0.643. The molecular formula is C14H23NO2. The largest absolute Gasteiger partial charge is 0.390 e. The molecule has 0 amide bonds. The SMILES string of the molecule is CCOC(C(O)Cc1ccccn1)C(C)(C)C. The first-order valence-electron chi connectivity index (χ1n) is 6.14. The minimum Gasteiger partial charge on any atom is -0.390 e. The number of nitrogens with zero attached hydrogens (tertiary/aromatic N) is 1. The minimum absolute atomic E-state index is 0.0792. The van der Waals surface area contributed by atoms with E-state index in [0.717, 1.165) is 5.69 Å². The predicted molar refractivity (Wildman–Crippen MR) is 68.8 cm³/mol. The van der Waals surface area contributed by atoms with Gasteiger partial charge in [-0.1, -0.05) is 26.8 Å². The number of aliphatic hydroxyl groups excluding tert-OH is 1. The Morgan fingerprint density at radius 1 is 1.35 bits per heavy atom. The molecular weight excluding hydrogens is 214 g/mol. The first kappa shape index (κ1) is 14.1. The van der Waals surface area contributed by atoms with E-state index >= 15 is 0 Å². The Morgan fingerprint density at radius 3 is 2.53 bits per heavy atom. The molecule has 0 spiro atoms. The molecule has 0 aliphatic heterocycles. The van der Waals surface area contributed by atoms with Crippen molar-refractivity contribution in [2.45, 2.75) is 46.3 Å². The van der Waals surface area contributed by atoms with Gasteiger partial charge in [0.1, 0.15) is 0 Å². The Bertz CT molecular complexity index is 319. The van der Waals surface area contributed by atoms with Crippen molar-refractivity contribution >= 4 is 0 Å². The van der Waals surface area contributed by atoms with Gasteiger partial charge in [0.2, 0.25) is 0 Å². The number of aliphatic hydroxyl groups is 1. The van der Waals surface area contributed by atoms with Crippen LogP contribution in [-0.2, 0) is 11.2 Å². The van der Waals surface area contributed by atoms with Crippen molar-refractivity contribution in [3.8, 4) is 0 Å². The van der Waals surface area contributed by atoms with Crippen LogP contribution in [0.15, 0.2) is 24.4 Å². The van der Waals surface area contributed by atoms with E-state index in [4.69, 9.17) is 4.74 Å². The van der Waals surface area contributed by atoms with Crippen molar-refractivity contribution in [2.24, 2.45) is 5.41 Å². The molecule has 0 aliphatic rings. The molecule has 1 aromatic heterocycles. The van der Waals surface area contributed by atoms with Gasteiger partial charge in [0.15, 0.2) is 0 Å². The Labute approximate surface area is 104 Å². The van der Waals surface area contributed by atoms with Crippen LogP contribution in [0.5, 0.6) is 0 Å². The van der Waals surface area contributed by atoms with E-state index in [2.05, 4.69) is 25.8 Å². The zero-order valence-electron chi connectivity index (χ0n) is 11.2. The maximum absolute atomic E-state index is 10.3. The number of aromatic nitrogens is 1. The van der Waals surface area contributed by atoms with Crippen LogP contribution in [0, 0.1) is 5.41 Å². The lowest BCUT2D eigenvalue weighted by Gasteiger charge is -2.34. The van der Waals surface area contributed by atoms with Crippen molar-refractivity contribution < 1.29 is 9.84 Å². The summed E-state index contributed by atoms with van der Waals surface area (Å²) in [5.41, 5.74) is 0.818. The topological polar surface area (TPSA) is 42.4 Å². The van der Waals surface area contributed by atoms with Crippen molar-refractivity contribution in [2.75, 3.05) is 6.61 Å². The van der Waals surface area contributed by atoms with Gasteiger partial charge in [0.25, 0.3) is 0 Å². The number of hydrogen-bond acceptors (Lipinski definition) is 3. The summed E-state index contributed by atoms with van der Waals surface area (Å²) in [4.78, 5) is 4.23. The fourth-order valence-electron chi connectivity index (χ4n) is 1.96. The van der Waals surface area contributed by atoms with E-state index < -0.39 is 6.10 Å². The molecule has 0 fully saturated rings. The first-order chi connectivity index (χ1) is 7.95. The van der Waals surface area contributed by atoms with Gasteiger partial charge >= 0.3 is 0 Å². The van der Waals surface area contributed by atoms with Gasteiger partial charge in [-0.25, -0.2) is 0 Å². The number of pyridine rings is 1. The number of hydrogen-bond donors (Lipinski definition) is 1. The Balaban J connectivity index is 2.69. The molecule has 96 valence electrons. The number of rotatable bonds is 5. The van der Waals surface area contributed by atoms with Crippen LogP contribution in [0.4, 0.5) is 0 Å². The molecule has 0 saturated heterocycles. The molecule has 1 rings (SSSR count). The molecule has 0 aromatic carbocycles. The first-order valence-corrected chi connectivity index (χ1v) is 6.14. The van der Waals surface area contributed by atoms with E-state index in [1.807, 2.05) is 25.1 Å². The molecule has 1 aromatic rings. The Morgan fingerprint density at radius 2 is 2.06 bits per heavy atom. The summed E-state index contributed by atoms with van der Waals surface area (Å²) in [6.07, 6.45) is 1.58. The van der Waals surface area contributed by atoms with Gasteiger partial charge < -0.3 is 9.84 Å². The van der Waals surface area contributed by atoms with E-state index in [0.29, 0.717) is 13.0 Å². The highest BCUT2D eigenvalue weighted by Gasteiger charge is 2.31. The molecule has 0 aliphatic carbocycles. The summed E-state index contributed by atoms with van der Waals surface area (Å²) in [6, 6.07) is 5.73. The molecule has 2 atom stereocenters. The highest BCUT2D eigenvalue weighted by molar-refractivity contribution is 5.05. The average Bonchev–Trinajstić information content (AvgIpc) is 2.25. The maximum atomic E-state index is 10.3. The molecule has 3 nitrogen and oxygen atoms in total. The second-order valence-electron chi connectivity index (χ2n) is 5.33. The summed E-state index contributed by atoms with van der Waals surface area (Å²) >= 11 is 0. The maximum Gasteiger partial charge on any atom is 0.0885 e. The highest BCUT2D eigenvalue weighted by atomic mass is 16.5. The quantitative estimate of drug-likeness (QED) is 0.855. The van der Waals surface area contributed by atoms with Gasteiger partial charge in [0.05, 0.1) is 12.2 Å². The lowest BCUT2D eigenvalue weighted by Crippen LogP contribution is -2.41. The minimum atomic E-state index is -0.523. The zero-order valence-corrected chi connectivity index (χ0v) is 11.2. The molecule has 1 N–H and O–H groups in total. The molecule has 0 radical (unpaired) electrons. The van der Waals surface area contributed by atoms with E-state index in [1.165, 1.54) is 0 Å². The summed E-state index contributed by atoms with van der Waals surface area (Å²) in [6.45, 7) is 8.80. The fourth-order valence-corrected chi connectivity index (χ4v) is 1.96. The normalized spacial score (nSPS) is 15.6. The smallest absolute Gasteiger partial charge is 0.0885 e. The monoisotopic (exact) mass is 237 g/mol. The molecule has 0 bridgehead atoms. The summed E-state index contributed by atoms with van der Waals surface area (Å²) < 4.78 is 5.66. The lowest BCUT2D eigenvalue weighted by atomic mass is 9.84. The van der Waals surface area contributed by atoms with Crippen LogP contribution in [0.1, 0.15) is 33.4 Å². The van der Waals surface area contributed by atoms with Crippen LogP contribution in [0.3, 0.4) is 0 Å². The van der Waals surface area contributed by atoms with Gasteiger partial charge in [-0.15, -0.1) is 0 Å². The van der Waals surface area contributed by atoms with E-state index in [-0.39, 0.29) is 11.5 Å². The average molecular weight is 237 g/mol. The van der Waals surface area contributed by atoms with Crippen LogP contribution >= 0.6 is 0 Å². The molecule has 1 heterocycles. The standard InChI is InChI=1S/C14H23NO2/c1-5-17-13(14(2,3)4)12(16)10-11-8-6-7-9-15-11/h6-9,12-13,16H,5,10H2,1-4H3. The third kappa shape index (κ3) is 4.44. The zero-order chi connectivity index (χ0) is 12.9. The van der Waals surface area contributed by atoms with Gasteiger partial charge in [-0.2, -0.15) is 0 Å². The van der Waals surface area contributed by atoms with Crippen LogP contribution in [0.25, 0.3) is 0 Å². The molecule has 0 saturated carbocycles. The number of ether oxygens (including phenoxy) is 1. The molecule has 3 heteroatoms. The van der Waals surface area contributed by atoms with Crippen LogP contribution in [0.2, 0.25) is 0 Å². The molecule has 2 unspecified atom stereocenters. The van der Waals surface area contributed by atoms with Crippen LogP contribution in [-0.4, -0.2) is 28.9 Å². The summed E-state index contributed by atoms with van der Waals surface area (Å²) in [5.74, 6) is 0. The second-order valence-corrected chi connectivity index (χ2v) is 5.33. The predicted octanol–water partition coefficient (Wildman–Crippen LogP) is 2.44. The third-order valence-electron chi connectivity index (χ3n) is 2.69. The van der Waals surface area contributed by atoms with Crippen LogP contribution < -0.4 is 0 Å². The Kier molecular flexibility index (Phi) is 5.09. The van der Waals surface area contributed by atoms with Crippen molar-refractivity contribution in [3.05, 3.63) is 30.1 Å². The third-order valence-corrected chi connectivity index (χ3v) is 2.69. The van der Waals surface area contributed by atoms with Crippen molar-refractivity contribution in [1.29, 1.82) is 0 Å². The Hall–Kier alpha value is -0.930. The molecule has 17 heavy (non-hydrogen) atoms.